The maximum absolute atomic E-state index is 5.69. The summed E-state index contributed by atoms with van der Waals surface area (Å²) in [5, 5.41) is 10.5. The van der Waals surface area contributed by atoms with E-state index < -0.39 is 0 Å². The Morgan fingerprint density at radius 3 is 3.06 bits per heavy atom. The molecule has 92 valence electrons. The molecule has 0 radical (unpaired) electrons. The summed E-state index contributed by atoms with van der Waals surface area (Å²) < 4.78 is 1.84. The molecule has 3 aromatic rings. The Kier molecular flexibility index (Phi) is 2.60. The largest absolute Gasteiger partial charge is 0.368 e. The molecule has 0 aromatic carbocycles. The van der Waals surface area contributed by atoms with Gasteiger partial charge in [0.25, 0.3) is 0 Å². The van der Waals surface area contributed by atoms with Crippen LogP contribution in [-0.2, 0) is 6.54 Å². The Hall–Kier alpha value is -2.15. The van der Waals surface area contributed by atoms with E-state index in [-0.39, 0.29) is 5.95 Å². The van der Waals surface area contributed by atoms with Crippen molar-refractivity contribution < 1.29 is 0 Å². The van der Waals surface area contributed by atoms with Gasteiger partial charge in [0.2, 0.25) is 5.95 Å². The lowest BCUT2D eigenvalue weighted by atomic mass is 10.4. The zero-order valence-electron chi connectivity index (χ0n) is 9.79. The van der Waals surface area contributed by atoms with E-state index in [2.05, 4.69) is 20.4 Å². The van der Waals surface area contributed by atoms with E-state index in [4.69, 9.17) is 5.73 Å². The van der Waals surface area contributed by atoms with Gasteiger partial charge >= 0.3 is 0 Å². The highest BCUT2D eigenvalue weighted by Crippen LogP contribution is 2.27. The van der Waals surface area contributed by atoms with Gasteiger partial charge in [0.15, 0.2) is 5.82 Å². The lowest BCUT2D eigenvalue weighted by molar-refractivity contribution is 0.662. The molecule has 0 fully saturated rings. The molecule has 18 heavy (non-hydrogen) atoms. The third kappa shape index (κ3) is 1.88. The molecule has 0 aliphatic carbocycles. The van der Waals surface area contributed by atoms with E-state index >= 15 is 0 Å². The summed E-state index contributed by atoms with van der Waals surface area (Å²) in [6.07, 6.45) is 1.91. The topological polar surface area (TPSA) is 81.7 Å². The van der Waals surface area contributed by atoms with Crippen LogP contribution >= 0.6 is 11.3 Å². The van der Waals surface area contributed by atoms with Gasteiger partial charge in [-0.3, -0.25) is 4.68 Å². The molecule has 3 N–H and O–H groups in total. The van der Waals surface area contributed by atoms with Crippen LogP contribution < -0.4 is 11.1 Å². The van der Waals surface area contributed by atoms with Gasteiger partial charge in [0.1, 0.15) is 10.6 Å². The monoisotopic (exact) mass is 260 g/mol. The number of nitrogen functional groups attached to an aromatic ring is 1. The molecule has 0 aliphatic heterocycles. The number of anilines is 3. The van der Waals surface area contributed by atoms with E-state index in [0.29, 0.717) is 5.82 Å². The van der Waals surface area contributed by atoms with Crippen molar-refractivity contribution in [3.63, 3.8) is 0 Å². The Bertz CT molecular complexity index is 686. The van der Waals surface area contributed by atoms with Crippen LogP contribution in [0.25, 0.3) is 10.2 Å². The highest BCUT2D eigenvalue weighted by molar-refractivity contribution is 7.16. The van der Waals surface area contributed by atoms with Crippen molar-refractivity contribution in [2.24, 2.45) is 0 Å². The van der Waals surface area contributed by atoms with Crippen LogP contribution in [-0.4, -0.2) is 19.7 Å². The van der Waals surface area contributed by atoms with Crippen molar-refractivity contribution in [3.05, 3.63) is 23.7 Å². The molecule has 0 bridgehead atoms. The van der Waals surface area contributed by atoms with E-state index in [9.17, 15) is 0 Å². The highest BCUT2D eigenvalue weighted by Gasteiger charge is 2.08. The lowest BCUT2D eigenvalue weighted by Gasteiger charge is -2.04. The molecule has 7 heteroatoms. The summed E-state index contributed by atoms with van der Waals surface area (Å²) >= 11 is 1.54. The Labute approximate surface area is 107 Å². The van der Waals surface area contributed by atoms with Gasteiger partial charge in [-0.25, -0.2) is 4.98 Å². The number of nitrogens with two attached hydrogens (primary N) is 1. The number of aryl methyl sites for hydroxylation is 1. The first kappa shape index (κ1) is 11.0. The Morgan fingerprint density at radius 1 is 1.39 bits per heavy atom. The van der Waals surface area contributed by atoms with Gasteiger partial charge in [-0.1, -0.05) is 0 Å². The van der Waals surface area contributed by atoms with Gasteiger partial charge in [-0.2, -0.15) is 10.1 Å². The standard InChI is InChI=1S/C11H12N6S/c1-2-17-5-3-8(16-17)13-9-7-4-6-18-10(7)15-11(12)14-9/h3-6H,2H2,1H3,(H3,12,13,14,15,16). The molecule has 3 heterocycles. The molecule has 3 aromatic heterocycles. The molecule has 0 amide bonds. The normalized spacial score (nSPS) is 10.9. The molecular weight excluding hydrogens is 248 g/mol. The maximum atomic E-state index is 5.69. The number of aromatic nitrogens is 4. The second-order valence-corrected chi connectivity index (χ2v) is 4.65. The number of rotatable bonds is 3. The van der Waals surface area contributed by atoms with E-state index in [1.54, 1.807) is 0 Å². The molecule has 0 spiro atoms. The van der Waals surface area contributed by atoms with Crippen molar-refractivity contribution in [1.29, 1.82) is 0 Å². The minimum atomic E-state index is 0.266. The van der Waals surface area contributed by atoms with Gasteiger partial charge in [0.05, 0.1) is 5.39 Å². The molecule has 0 atom stereocenters. The fourth-order valence-electron chi connectivity index (χ4n) is 1.69. The van der Waals surface area contributed by atoms with Crippen LogP contribution in [0.3, 0.4) is 0 Å². The number of nitrogens with zero attached hydrogens (tertiary/aromatic N) is 4. The summed E-state index contributed by atoms with van der Waals surface area (Å²) in [5.74, 6) is 1.71. The highest BCUT2D eigenvalue weighted by atomic mass is 32.1. The molecular formula is C11H12N6S. The number of hydrogen-bond donors (Lipinski definition) is 2. The Balaban J connectivity index is 2.00. The number of nitrogens with one attached hydrogen (secondary N) is 1. The SMILES string of the molecule is CCn1ccc(Nc2nc(N)nc3sccc23)n1. The zero-order valence-corrected chi connectivity index (χ0v) is 10.6. The fraction of sp³-hybridized carbons (Fsp3) is 0.182. The smallest absolute Gasteiger partial charge is 0.223 e. The third-order valence-electron chi connectivity index (χ3n) is 2.55. The molecule has 0 saturated carbocycles. The van der Waals surface area contributed by atoms with Gasteiger partial charge in [0, 0.05) is 18.8 Å². The quantitative estimate of drug-likeness (QED) is 0.754. The molecule has 0 saturated heterocycles. The van der Waals surface area contributed by atoms with Crippen molar-refractivity contribution in [1.82, 2.24) is 19.7 Å². The van der Waals surface area contributed by atoms with Crippen LogP contribution in [0.1, 0.15) is 6.92 Å². The average molecular weight is 260 g/mol. The fourth-order valence-corrected chi connectivity index (χ4v) is 2.46. The lowest BCUT2D eigenvalue weighted by Crippen LogP contribution is -2.01. The molecule has 0 unspecified atom stereocenters. The predicted molar refractivity (Wildman–Crippen MR) is 73.0 cm³/mol. The minimum absolute atomic E-state index is 0.266. The first-order valence-electron chi connectivity index (χ1n) is 5.57. The summed E-state index contributed by atoms with van der Waals surface area (Å²) in [4.78, 5) is 9.27. The average Bonchev–Trinajstić information content (AvgIpc) is 2.97. The Morgan fingerprint density at radius 2 is 2.28 bits per heavy atom. The number of thiophene rings is 1. The van der Waals surface area contributed by atoms with Crippen molar-refractivity contribution >= 4 is 39.1 Å². The summed E-state index contributed by atoms with van der Waals surface area (Å²) in [7, 11) is 0. The van der Waals surface area contributed by atoms with Crippen LogP contribution in [0.5, 0.6) is 0 Å². The minimum Gasteiger partial charge on any atom is -0.368 e. The number of fused-ring (bicyclic) bond motifs is 1. The zero-order chi connectivity index (χ0) is 12.5. The van der Waals surface area contributed by atoms with E-state index in [1.165, 1.54) is 11.3 Å². The van der Waals surface area contributed by atoms with Crippen LogP contribution in [0.4, 0.5) is 17.6 Å². The van der Waals surface area contributed by atoms with E-state index in [1.807, 2.05) is 35.3 Å². The van der Waals surface area contributed by atoms with Gasteiger partial charge in [-0.15, -0.1) is 11.3 Å². The predicted octanol–water partition coefficient (Wildman–Crippen LogP) is 2.23. The number of hydrogen-bond acceptors (Lipinski definition) is 6. The van der Waals surface area contributed by atoms with Crippen molar-refractivity contribution in [2.45, 2.75) is 13.5 Å². The van der Waals surface area contributed by atoms with Crippen LogP contribution in [0.15, 0.2) is 23.7 Å². The first-order chi connectivity index (χ1) is 8.76. The summed E-state index contributed by atoms with van der Waals surface area (Å²) in [6, 6.07) is 3.87. The second-order valence-electron chi connectivity index (χ2n) is 3.75. The summed E-state index contributed by atoms with van der Waals surface area (Å²) in [6.45, 7) is 2.87. The van der Waals surface area contributed by atoms with Crippen molar-refractivity contribution in [2.75, 3.05) is 11.1 Å². The summed E-state index contributed by atoms with van der Waals surface area (Å²) in [5.41, 5.74) is 5.69. The molecule has 6 nitrogen and oxygen atoms in total. The van der Waals surface area contributed by atoms with Gasteiger partial charge in [-0.05, 0) is 18.4 Å². The third-order valence-corrected chi connectivity index (χ3v) is 3.36. The molecule has 3 rings (SSSR count). The second kappa shape index (κ2) is 4.26. The maximum Gasteiger partial charge on any atom is 0.223 e. The van der Waals surface area contributed by atoms with Crippen molar-refractivity contribution in [3.8, 4) is 0 Å². The van der Waals surface area contributed by atoms with Crippen LogP contribution in [0.2, 0.25) is 0 Å². The van der Waals surface area contributed by atoms with Crippen LogP contribution in [0, 0.1) is 0 Å². The molecule has 0 aliphatic rings. The van der Waals surface area contributed by atoms with E-state index in [0.717, 1.165) is 22.6 Å². The first-order valence-corrected chi connectivity index (χ1v) is 6.45. The van der Waals surface area contributed by atoms with Gasteiger partial charge < -0.3 is 11.1 Å².